The molecule has 1 saturated heterocycles. The van der Waals surface area contributed by atoms with Crippen molar-refractivity contribution in [3.8, 4) is 0 Å². The Morgan fingerprint density at radius 2 is 2.53 bits per heavy atom. The normalized spacial score (nSPS) is 39.5. The van der Waals surface area contributed by atoms with E-state index in [9.17, 15) is 4.39 Å². The summed E-state index contributed by atoms with van der Waals surface area (Å²) in [6.45, 7) is 3.31. The molecule has 15 heavy (non-hydrogen) atoms. The van der Waals surface area contributed by atoms with E-state index in [2.05, 4.69) is 5.32 Å². The number of nitrogens with one attached hydrogen (secondary N) is 1. The second kappa shape index (κ2) is 6.85. The second-order valence-electron chi connectivity index (χ2n) is 3.27. The zero-order valence-corrected chi connectivity index (χ0v) is 9.94. The van der Waals surface area contributed by atoms with Crippen molar-refractivity contribution in [3.63, 3.8) is 0 Å². The molecular formula is C8H16B2FNO2P. The van der Waals surface area contributed by atoms with E-state index in [1.165, 1.54) is 7.17 Å². The first-order chi connectivity index (χ1) is 7.60. The van der Waals surface area contributed by atoms with Gasteiger partial charge in [0.25, 0.3) is 0 Å². The van der Waals surface area contributed by atoms with E-state index in [1.807, 2.05) is 6.66 Å². The Labute approximate surface area is 95.8 Å². The average Bonchev–Trinajstić information content (AvgIpc) is 2.53. The molecule has 7 heteroatoms. The second-order valence-corrected chi connectivity index (χ2v) is 3.97. The molecule has 0 aromatic rings. The molecule has 0 aromatic heterocycles. The van der Waals surface area contributed by atoms with E-state index in [4.69, 9.17) is 18.4 Å². The van der Waals surface area contributed by atoms with Crippen molar-refractivity contribution in [2.45, 2.75) is 31.2 Å². The largest absolute Gasteiger partial charge is 0.378 e. The van der Waals surface area contributed by atoms with Crippen molar-refractivity contribution in [1.29, 1.82) is 0 Å². The van der Waals surface area contributed by atoms with Crippen molar-refractivity contribution in [3.05, 3.63) is 0 Å². The first-order valence-electron chi connectivity index (χ1n) is 5.49. The maximum Gasteiger partial charge on any atom is 0.135 e. The van der Waals surface area contributed by atoms with Crippen LogP contribution in [0.1, 0.15) is 8.29 Å². The highest BCUT2D eigenvalue weighted by Gasteiger charge is 2.43. The molecule has 83 valence electrons. The summed E-state index contributed by atoms with van der Waals surface area (Å²) in [5, 5.41) is 2.83. The zero-order chi connectivity index (χ0) is 12.1. The Hall–Kier alpha value is 0.370. The minimum Gasteiger partial charge on any atom is -0.378 e. The minimum atomic E-state index is -1.23. The Morgan fingerprint density at radius 3 is 3.07 bits per heavy atom. The summed E-state index contributed by atoms with van der Waals surface area (Å²) in [5.74, 6) is 0. The lowest BCUT2D eigenvalue weighted by atomic mass is 9.50. The van der Waals surface area contributed by atoms with Crippen LogP contribution in [0.25, 0.3) is 0 Å². The van der Waals surface area contributed by atoms with Gasteiger partial charge in [-0.1, -0.05) is 6.92 Å². The molecule has 1 heterocycles. The maximum atomic E-state index is 13.9. The number of hydrogen-bond donors (Lipinski definition) is 1. The van der Waals surface area contributed by atoms with E-state index in [0.717, 1.165) is 0 Å². The molecule has 1 fully saturated rings. The first-order valence-corrected chi connectivity index (χ1v) is 6.32. The standard InChI is InChI=1S/C8H16B2FNO2P/c1-3-12-7-5(4-13-15-2)14-8(10-9)6(7)11/h5-8,12,15H,3-4H2,1-2H3/t5-,6+,7?,8-/m1/s1/i3T/t3?,5-,6+,7?,8-. The number of likely N-dealkylation sites (N-methyl/N-ethyl adjacent to an activating group) is 1. The third-order valence-corrected chi connectivity index (χ3v) is 2.79. The van der Waals surface area contributed by atoms with E-state index in [-0.39, 0.29) is 6.10 Å². The predicted octanol–water partition coefficient (Wildman–Crippen LogP) is 0.0551. The van der Waals surface area contributed by atoms with Crippen LogP contribution in [0.2, 0.25) is 0 Å². The van der Waals surface area contributed by atoms with Crippen molar-refractivity contribution < 1.29 is 15.0 Å². The summed E-state index contributed by atoms with van der Waals surface area (Å²) in [4.78, 5) is 0. The average molecular weight is 232 g/mol. The van der Waals surface area contributed by atoms with E-state index >= 15 is 0 Å². The zero-order valence-electron chi connectivity index (χ0n) is 9.94. The van der Waals surface area contributed by atoms with Crippen LogP contribution in [-0.4, -0.2) is 59.0 Å². The van der Waals surface area contributed by atoms with Crippen LogP contribution < -0.4 is 5.32 Å². The highest BCUT2D eigenvalue weighted by molar-refractivity contribution is 7.31. The molecule has 1 rings (SSSR count). The maximum absolute atomic E-state index is 13.9. The van der Waals surface area contributed by atoms with Crippen molar-refractivity contribution in [1.82, 2.24) is 5.32 Å². The van der Waals surface area contributed by atoms with E-state index in [0.29, 0.717) is 15.4 Å². The fraction of sp³-hybridized carbons (Fsp3) is 1.00. The van der Waals surface area contributed by atoms with Crippen molar-refractivity contribution in [2.24, 2.45) is 0 Å². The fourth-order valence-electron chi connectivity index (χ4n) is 1.62. The minimum absolute atomic E-state index is 0.324. The van der Waals surface area contributed by atoms with E-state index in [1.54, 1.807) is 6.92 Å². The Balaban J connectivity index is 2.57. The first kappa shape index (κ1) is 11.8. The van der Waals surface area contributed by atoms with Gasteiger partial charge < -0.3 is 14.6 Å². The third kappa shape index (κ3) is 3.42. The van der Waals surface area contributed by atoms with Gasteiger partial charge in [-0.25, -0.2) is 4.39 Å². The molecule has 0 aromatic carbocycles. The lowest BCUT2D eigenvalue weighted by Gasteiger charge is -2.19. The molecule has 3 radical (unpaired) electrons. The van der Waals surface area contributed by atoms with Gasteiger partial charge in [0.1, 0.15) is 6.17 Å². The molecule has 0 spiro atoms. The Morgan fingerprint density at radius 1 is 1.80 bits per heavy atom. The third-order valence-electron chi connectivity index (χ3n) is 2.33. The Kier molecular flexibility index (Phi) is 5.41. The molecule has 1 aliphatic rings. The molecular weight excluding hydrogens is 214 g/mol. The van der Waals surface area contributed by atoms with Crippen LogP contribution in [0.3, 0.4) is 0 Å². The van der Waals surface area contributed by atoms with Crippen LogP contribution in [0, 0.1) is 0 Å². The van der Waals surface area contributed by atoms with Gasteiger partial charge in [-0.2, -0.15) is 0 Å². The van der Waals surface area contributed by atoms with Gasteiger partial charge in [0, 0.05) is 23.9 Å². The molecule has 0 saturated carbocycles. The van der Waals surface area contributed by atoms with Gasteiger partial charge in [-0.3, -0.25) is 0 Å². The van der Waals surface area contributed by atoms with Crippen LogP contribution in [0.5, 0.6) is 0 Å². The molecule has 1 N–H and O–H groups in total. The van der Waals surface area contributed by atoms with Gasteiger partial charge in [-0.05, 0) is 13.2 Å². The molecule has 3 unspecified atom stereocenters. The monoisotopic (exact) mass is 232 g/mol. The van der Waals surface area contributed by atoms with Crippen LogP contribution in [0.4, 0.5) is 4.39 Å². The van der Waals surface area contributed by atoms with Gasteiger partial charge in [0.2, 0.25) is 0 Å². The lowest BCUT2D eigenvalue weighted by Crippen LogP contribution is -2.44. The van der Waals surface area contributed by atoms with Crippen LogP contribution >= 0.6 is 8.81 Å². The smallest absolute Gasteiger partial charge is 0.135 e. The molecule has 3 nitrogen and oxygen atoms in total. The van der Waals surface area contributed by atoms with Crippen molar-refractivity contribution >= 4 is 23.7 Å². The van der Waals surface area contributed by atoms with E-state index < -0.39 is 24.7 Å². The van der Waals surface area contributed by atoms with Gasteiger partial charge in [0.15, 0.2) is 0 Å². The van der Waals surface area contributed by atoms with Gasteiger partial charge >= 0.3 is 0 Å². The molecule has 6 atom stereocenters. The predicted molar refractivity (Wildman–Crippen MR) is 62.7 cm³/mol. The highest BCUT2D eigenvalue weighted by Crippen LogP contribution is 2.24. The molecule has 0 aliphatic carbocycles. The van der Waals surface area contributed by atoms with Gasteiger partial charge in [0.05, 0.1) is 25.9 Å². The SMILES string of the molecule is [3H]C(C)NC1[C@@H](COPC)O[C@@H]([B][B])[C@H]1F. The summed E-state index contributed by atoms with van der Waals surface area (Å²) in [5.41, 5.74) is 0. The number of halogens is 1. The quantitative estimate of drug-likeness (QED) is 0.518. The van der Waals surface area contributed by atoms with Crippen molar-refractivity contribution in [2.75, 3.05) is 19.8 Å². The summed E-state index contributed by atoms with van der Waals surface area (Å²) >= 11 is 0. The highest BCUT2D eigenvalue weighted by atomic mass is 31.1. The lowest BCUT2D eigenvalue weighted by molar-refractivity contribution is 0.0424. The molecule has 1 aliphatic heterocycles. The number of rotatable bonds is 6. The number of hydrogen-bond acceptors (Lipinski definition) is 3. The topological polar surface area (TPSA) is 30.5 Å². The van der Waals surface area contributed by atoms with Gasteiger partial charge in [-0.15, -0.1) is 0 Å². The molecule has 0 bridgehead atoms. The molecule has 0 amide bonds. The fourth-order valence-corrected chi connectivity index (χ4v) is 1.95. The summed E-state index contributed by atoms with van der Waals surface area (Å²) < 4.78 is 31.9. The summed E-state index contributed by atoms with van der Waals surface area (Å²) in [6.07, 6.45) is -1.62. The number of alkyl halides is 1. The summed E-state index contributed by atoms with van der Waals surface area (Å²) in [7, 11) is 6.85. The number of ether oxygens (including phenoxy) is 1. The van der Waals surface area contributed by atoms with Crippen LogP contribution in [0.15, 0.2) is 0 Å². The summed E-state index contributed by atoms with van der Waals surface area (Å²) in [6, 6.07) is -1.25. The van der Waals surface area contributed by atoms with Crippen LogP contribution in [-0.2, 0) is 9.26 Å². The Bertz CT molecular complexity index is 218.